The molecule has 1 aliphatic rings. The number of nitrogens with one attached hydrogen (secondary N) is 1. The van der Waals surface area contributed by atoms with Crippen molar-refractivity contribution >= 4 is 61.9 Å². The van der Waals surface area contributed by atoms with E-state index >= 15 is 0 Å². The average molecular weight is 432 g/mol. The molecule has 28 heavy (non-hydrogen) atoms. The molecule has 0 spiro atoms. The monoisotopic (exact) mass is 431 g/mol. The van der Waals surface area contributed by atoms with Gasteiger partial charge in [0.1, 0.15) is 16.1 Å². The highest BCUT2D eigenvalue weighted by atomic mass is 32.2. The molecule has 9 heteroatoms. The maximum Gasteiger partial charge on any atom is 0.234 e. The molecule has 3 aromatic rings. The van der Waals surface area contributed by atoms with Gasteiger partial charge >= 0.3 is 0 Å². The number of aryl methyl sites for hydroxylation is 2. The van der Waals surface area contributed by atoms with Gasteiger partial charge in [-0.05, 0) is 37.1 Å². The number of aromatic nitrogens is 3. The van der Waals surface area contributed by atoms with Crippen LogP contribution in [0.25, 0.3) is 10.3 Å². The minimum atomic E-state index is -0.0437. The Balaban J connectivity index is 1.44. The van der Waals surface area contributed by atoms with Gasteiger partial charge in [-0.2, -0.15) is 16.7 Å². The number of hydrogen-bond acceptors (Lipinski definition) is 8. The van der Waals surface area contributed by atoms with Crippen molar-refractivity contribution < 1.29 is 4.79 Å². The number of thioether (sulfide) groups is 2. The van der Waals surface area contributed by atoms with E-state index in [1.807, 2.05) is 36.9 Å². The Hall–Kier alpha value is -1.84. The Morgan fingerprint density at radius 3 is 2.82 bits per heavy atom. The molecule has 146 valence electrons. The number of rotatable bonds is 5. The Bertz CT molecular complexity index is 1000. The van der Waals surface area contributed by atoms with Gasteiger partial charge in [0.15, 0.2) is 10.8 Å². The first-order chi connectivity index (χ1) is 13.6. The van der Waals surface area contributed by atoms with E-state index in [1.165, 1.54) is 23.7 Å². The summed E-state index contributed by atoms with van der Waals surface area (Å²) in [7, 11) is 0. The number of fused-ring (bicyclic) bond motifs is 1. The van der Waals surface area contributed by atoms with Gasteiger partial charge < -0.3 is 10.2 Å². The predicted molar refractivity (Wildman–Crippen MR) is 120 cm³/mol. The number of thiazole rings is 1. The van der Waals surface area contributed by atoms with Gasteiger partial charge in [0.2, 0.25) is 5.91 Å². The second-order valence-corrected chi connectivity index (χ2v) is 9.73. The van der Waals surface area contributed by atoms with E-state index < -0.39 is 0 Å². The van der Waals surface area contributed by atoms with E-state index in [0.29, 0.717) is 11.4 Å². The summed E-state index contributed by atoms with van der Waals surface area (Å²) in [5.41, 5.74) is 3.91. The summed E-state index contributed by atoms with van der Waals surface area (Å²) in [5.74, 6) is 2.51. The fraction of sp³-hybridized carbons (Fsp3) is 0.368. The molecule has 3 heterocycles. The summed E-state index contributed by atoms with van der Waals surface area (Å²) >= 11 is 5.02. The fourth-order valence-electron chi connectivity index (χ4n) is 2.87. The van der Waals surface area contributed by atoms with E-state index in [4.69, 9.17) is 0 Å². The molecule has 1 aliphatic heterocycles. The first-order valence-corrected chi connectivity index (χ1v) is 12.0. The van der Waals surface area contributed by atoms with Crippen molar-refractivity contribution in [3.63, 3.8) is 0 Å². The molecule has 0 unspecified atom stereocenters. The minimum Gasteiger partial charge on any atom is -0.346 e. The van der Waals surface area contributed by atoms with E-state index in [9.17, 15) is 4.79 Å². The maximum absolute atomic E-state index is 12.4. The Morgan fingerprint density at radius 1 is 1.21 bits per heavy atom. The lowest BCUT2D eigenvalue weighted by molar-refractivity contribution is -0.113. The lowest BCUT2D eigenvalue weighted by Crippen LogP contribution is -2.32. The van der Waals surface area contributed by atoms with Crippen molar-refractivity contribution in [2.75, 3.05) is 40.6 Å². The van der Waals surface area contributed by atoms with Gasteiger partial charge in [-0.3, -0.25) is 4.79 Å². The van der Waals surface area contributed by atoms with Crippen molar-refractivity contribution in [1.82, 2.24) is 15.0 Å². The van der Waals surface area contributed by atoms with Crippen molar-refractivity contribution in [2.24, 2.45) is 0 Å². The van der Waals surface area contributed by atoms with Gasteiger partial charge in [-0.1, -0.05) is 29.2 Å². The molecule has 1 amide bonds. The van der Waals surface area contributed by atoms with Crippen LogP contribution >= 0.6 is 34.9 Å². The van der Waals surface area contributed by atoms with Gasteiger partial charge in [-0.15, -0.1) is 0 Å². The van der Waals surface area contributed by atoms with Crippen molar-refractivity contribution in [3.8, 4) is 0 Å². The van der Waals surface area contributed by atoms with Gasteiger partial charge in [0.05, 0.1) is 5.75 Å². The van der Waals surface area contributed by atoms with Crippen LogP contribution in [0.2, 0.25) is 0 Å². The Kier molecular flexibility index (Phi) is 6.03. The van der Waals surface area contributed by atoms with Crippen molar-refractivity contribution in [2.45, 2.75) is 18.9 Å². The van der Waals surface area contributed by atoms with Crippen LogP contribution in [0.5, 0.6) is 0 Å². The van der Waals surface area contributed by atoms with Crippen LogP contribution in [-0.2, 0) is 4.79 Å². The molecule has 0 saturated carbocycles. The summed E-state index contributed by atoms with van der Waals surface area (Å²) in [5, 5.41) is 4.77. The molecular weight excluding hydrogens is 410 g/mol. The number of carbonyl (C=O) groups is 1. The average Bonchev–Trinajstić information content (AvgIpc) is 3.15. The first-order valence-electron chi connectivity index (χ1n) is 9.04. The highest BCUT2D eigenvalue weighted by molar-refractivity contribution is 8.00. The fourth-order valence-corrected chi connectivity index (χ4v) is 5.71. The third kappa shape index (κ3) is 4.42. The molecular formula is C19H21N5OS3. The Labute approximate surface area is 176 Å². The third-order valence-corrected chi connectivity index (χ3v) is 7.73. The van der Waals surface area contributed by atoms with E-state index in [-0.39, 0.29) is 5.91 Å². The number of carbonyl (C=O) groups excluding carboxylic acids is 1. The number of amides is 1. The van der Waals surface area contributed by atoms with Crippen LogP contribution < -0.4 is 10.2 Å². The molecule has 0 aliphatic carbocycles. The highest BCUT2D eigenvalue weighted by Gasteiger charge is 2.18. The molecule has 1 fully saturated rings. The number of hydrogen-bond donors (Lipinski definition) is 1. The molecule has 0 atom stereocenters. The van der Waals surface area contributed by atoms with Crippen LogP contribution in [0.15, 0.2) is 29.6 Å². The normalized spacial score (nSPS) is 14.4. The van der Waals surface area contributed by atoms with Crippen LogP contribution in [0.3, 0.4) is 0 Å². The predicted octanol–water partition coefficient (Wildman–Crippen LogP) is 3.99. The summed E-state index contributed by atoms with van der Waals surface area (Å²) in [4.78, 5) is 28.1. The van der Waals surface area contributed by atoms with Crippen molar-refractivity contribution in [3.05, 3.63) is 35.7 Å². The number of benzene rings is 1. The van der Waals surface area contributed by atoms with E-state index in [1.54, 1.807) is 11.3 Å². The minimum absolute atomic E-state index is 0.0437. The van der Waals surface area contributed by atoms with Gasteiger partial charge in [0, 0.05) is 30.3 Å². The molecule has 2 aromatic heterocycles. The first kappa shape index (κ1) is 19.5. The lowest BCUT2D eigenvalue weighted by Gasteiger charge is -2.25. The van der Waals surface area contributed by atoms with Crippen LogP contribution in [0, 0.1) is 13.8 Å². The van der Waals surface area contributed by atoms with Crippen LogP contribution in [0.4, 0.5) is 10.8 Å². The zero-order valence-electron chi connectivity index (χ0n) is 15.8. The number of anilines is 2. The SMILES string of the molecule is Cc1ccc(NC(=O)CSc2ncnc3nc(N4CCSCC4)sc23)cc1C. The molecule has 0 bridgehead atoms. The van der Waals surface area contributed by atoms with E-state index in [0.717, 1.165) is 50.7 Å². The summed E-state index contributed by atoms with van der Waals surface area (Å²) in [6.07, 6.45) is 1.53. The summed E-state index contributed by atoms with van der Waals surface area (Å²) in [6, 6.07) is 5.94. The molecule has 4 rings (SSSR count). The molecule has 1 N–H and O–H groups in total. The molecule has 6 nitrogen and oxygen atoms in total. The number of nitrogens with zero attached hydrogens (tertiary/aromatic N) is 4. The summed E-state index contributed by atoms with van der Waals surface area (Å²) in [6.45, 7) is 6.13. The third-order valence-electron chi connectivity index (χ3n) is 4.56. The van der Waals surface area contributed by atoms with E-state index in [2.05, 4.69) is 32.1 Å². The Morgan fingerprint density at radius 2 is 2.04 bits per heavy atom. The lowest BCUT2D eigenvalue weighted by atomic mass is 10.1. The topological polar surface area (TPSA) is 71.0 Å². The smallest absolute Gasteiger partial charge is 0.234 e. The molecule has 1 saturated heterocycles. The zero-order chi connectivity index (χ0) is 19.5. The second-order valence-electron chi connectivity index (χ2n) is 6.56. The van der Waals surface area contributed by atoms with Crippen molar-refractivity contribution in [1.29, 1.82) is 0 Å². The zero-order valence-corrected chi connectivity index (χ0v) is 18.2. The molecule has 0 radical (unpaired) electrons. The quantitative estimate of drug-likeness (QED) is 0.484. The van der Waals surface area contributed by atoms with Crippen LogP contribution in [-0.4, -0.2) is 51.2 Å². The summed E-state index contributed by atoms with van der Waals surface area (Å²) < 4.78 is 0.958. The standard InChI is InChI=1S/C19H21N5OS3/c1-12-3-4-14(9-13(12)2)22-15(25)10-27-18-16-17(20-11-21-18)23-19(28-16)24-5-7-26-8-6-24/h3-4,9,11H,5-8,10H2,1-2H3,(H,22,25). The van der Waals surface area contributed by atoms with Gasteiger partial charge in [-0.25, -0.2) is 9.97 Å². The largest absolute Gasteiger partial charge is 0.346 e. The van der Waals surface area contributed by atoms with Crippen LogP contribution in [0.1, 0.15) is 11.1 Å². The maximum atomic E-state index is 12.4. The molecule has 1 aromatic carbocycles. The van der Waals surface area contributed by atoms with Gasteiger partial charge in [0.25, 0.3) is 0 Å². The second kappa shape index (κ2) is 8.67. The highest BCUT2D eigenvalue weighted by Crippen LogP contribution is 2.34.